The van der Waals surface area contributed by atoms with Crippen LogP contribution in [0.25, 0.3) is 33.2 Å². The summed E-state index contributed by atoms with van der Waals surface area (Å²) in [7, 11) is 0. The van der Waals surface area contributed by atoms with E-state index in [0.717, 1.165) is 45.9 Å². The highest BCUT2D eigenvalue weighted by molar-refractivity contribution is 6.09. The molecular weight excluding hydrogens is 313 g/mol. The number of fused-ring (bicyclic) bond motifs is 3. The normalized spacial score (nSPS) is 15.4. The van der Waals surface area contributed by atoms with Gasteiger partial charge in [0.05, 0.1) is 5.69 Å². The summed E-state index contributed by atoms with van der Waals surface area (Å²) in [5.74, 6) is -0.0129. The van der Waals surface area contributed by atoms with Gasteiger partial charge in [-0.1, -0.05) is 49.2 Å². The van der Waals surface area contributed by atoms with E-state index in [1.807, 2.05) is 54.6 Å². The quantitative estimate of drug-likeness (QED) is 0.395. The average Bonchev–Trinajstić information content (AvgIpc) is 3.29. The van der Waals surface area contributed by atoms with E-state index < -0.39 is 0 Å². The second-order valence-electron chi connectivity index (χ2n) is 6.84. The lowest BCUT2D eigenvalue weighted by atomic mass is 9.98. The number of pyridine rings is 1. The summed E-state index contributed by atoms with van der Waals surface area (Å²) in [4.78, 5) is 4.28. The number of halogens is 1. The Bertz CT molecular complexity index is 1080. The predicted molar refractivity (Wildman–Crippen MR) is 98.1 cm³/mol. The van der Waals surface area contributed by atoms with Gasteiger partial charge in [-0.05, 0) is 37.0 Å². The Hall–Kier alpha value is -2.68. The molecule has 1 aliphatic rings. The summed E-state index contributed by atoms with van der Waals surface area (Å²) < 4.78 is 20.7. The van der Waals surface area contributed by atoms with E-state index in [1.54, 1.807) is 0 Å². The van der Waals surface area contributed by atoms with Gasteiger partial charge in [-0.25, -0.2) is 4.98 Å². The Kier molecular flexibility index (Phi) is 3.34. The van der Waals surface area contributed by atoms with E-state index in [4.69, 9.17) is 4.42 Å². The van der Waals surface area contributed by atoms with Crippen LogP contribution in [0.3, 0.4) is 0 Å². The third-order valence-corrected chi connectivity index (χ3v) is 5.35. The van der Waals surface area contributed by atoms with Crippen LogP contribution < -0.4 is 0 Å². The van der Waals surface area contributed by atoms with Crippen LogP contribution in [-0.2, 0) is 0 Å². The molecule has 0 amide bonds. The van der Waals surface area contributed by atoms with Crippen molar-refractivity contribution in [2.45, 2.75) is 31.6 Å². The number of furan rings is 1. The SMILES string of the molecule is Fc1nc(-c2cccc3c2oc2ccccc23)ccc1C1CCCC1. The van der Waals surface area contributed by atoms with Crippen molar-refractivity contribution in [3.05, 3.63) is 66.1 Å². The summed E-state index contributed by atoms with van der Waals surface area (Å²) in [6.45, 7) is 0. The monoisotopic (exact) mass is 331 g/mol. The highest BCUT2D eigenvalue weighted by Crippen LogP contribution is 2.38. The Labute approximate surface area is 145 Å². The molecule has 1 aliphatic carbocycles. The molecule has 0 saturated heterocycles. The molecule has 0 spiro atoms. The van der Waals surface area contributed by atoms with E-state index in [1.165, 1.54) is 12.8 Å². The summed E-state index contributed by atoms with van der Waals surface area (Å²) in [6.07, 6.45) is 4.50. The van der Waals surface area contributed by atoms with Crippen LogP contribution in [0.4, 0.5) is 4.39 Å². The second-order valence-corrected chi connectivity index (χ2v) is 6.84. The van der Waals surface area contributed by atoms with Crippen molar-refractivity contribution in [2.75, 3.05) is 0 Å². The van der Waals surface area contributed by atoms with Crippen LogP contribution >= 0.6 is 0 Å². The minimum Gasteiger partial charge on any atom is -0.455 e. The Balaban J connectivity index is 1.67. The fraction of sp³-hybridized carbons (Fsp3) is 0.227. The average molecular weight is 331 g/mol. The van der Waals surface area contributed by atoms with Gasteiger partial charge in [0.25, 0.3) is 0 Å². The lowest BCUT2D eigenvalue weighted by Gasteiger charge is -2.11. The zero-order valence-corrected chi connectivity index (χ0v) is 13.8. The topological polar surface area (TPSA) is 26.0 Å². The van der Waals surface area contributed by atoms with Crippen LogP contribution in [0.5, 0.6) is 0 Å². The van der Waals surface area contributed by atoms with E-state index >= 15 is 0 Å². The molecule has 5 rings (SSSR count). The van der Waals surface area contributed by atoms with Crippen LogP contribution in [-0.4, -0.2) is 4.98 Å². The second kappa shape index (κ2) is 5.69. The molecule has 2 heterocycles. The van der Waals surface area contributed by atoms with Gasteiger partial charge in [-0.15, -0.1) is 0 Å². The number of hydrogen-bond donors (Lipinski definition) is 0. The highest BCUT2D eigenvalue weighted by Gasteiger charge is 2.22. The van der Waals surface area contributed by atoms with Crippen LogP contribution in [0, 0.1) is 5.95 Å². The molecule has 2 aromatic heterocycles. The van der Waals surface area contributed by atoms with Crippen LogP contribution in [0.2, 0.25) is 0 Å². The molecule has 1 saturated carbocycles. The number of hydrogen-bond acceptors (Lipinski definition) is 2. The molecule has 0 unspecified atom stereocenters. The Morgan fingerprint density at radius 2 is 1.68 bits per heavy atom. The largest absolute Gasteiger partial charge is 0.455 e. The molecule has 0 radical (unpaired) electrons. The number of para-hydroxylation sites is 2. The molecule has 3 heteroatoms. The molecule has 0 atom stereocenters. The van der Waals surface area contributed by atoms with Gasteiger partial charge in [-0.3, -0.25) is 0 Å². The van der Waals surface area contributed by atoms with Crippen molar-refractivity contribution in [1.82, 2.24) is 4.98 Å². The first-order valence-electron chi connectivity index (χ1n) is 8.88. The minimum atomic E-state index is -0.336. The molecule has 2 aromatic carbocycles. The maximum absolute atomic E-state index is 14.7. The zero-order chi connectivity index (χ0) is 16.8. The molecule has 0 N–H and O–H groups in total. The first kappa shape index (κ1) is 14.6. The summed E-state index contributed by atoms with van der Waals surface area (Å²) in [6, 6.07) is 17.8. The number of nitrogens with zero attached hydrogens (tertiary/aromatic N) is 1. The van der Waals surface area contributed by atoms with Crippen molar-refractivity contribution >= 4 is 21.9 Å². The van der Waals surface area contributed by atoms with Gasteiger partial charge < -0.3 is 4.42 Å². The van der Waals surface area contributed by atoms with Crippen molar-refractivity contribution in [3.63, 3.8) is 0 Å². The third kappa shape index (κ3) is 2.34. The third-order valence-electron chi connectivity index (χ3n) is 5.35. The molecule has 2 nitrogen and oxygen atoms in total. The van der Waals surface area contributed by atoms with Gasteiger partial charge in [0, 0.05) is 21.9 Å². The maximum atomic E-state index is 14.7. The van der Waals surface area contributed by atoms with Gasteiger partial charge in [0.15, 0.2) is 0 Å². The van der Waals surface area contributed by atoms with E-state index in [0.29, 0.717) is 11.6 Å². The lowest BCUT2D eigenvalue weighted by Crippen LogP contribution is -2.00. The maximum Gasteiger partial charge on any atom is 0.216 e. The number of aromatic nitrogens is 1. The summed E-state index contributed by atoms with van der Waals surface area (Å²) in [5.41, 5.74) is 3.84. The Morgan fingerprint density at radius 1 is 0.880 bits per heavy atom. The number of benzene rings is 2. The number of rotatable bonds is 2. The van der Waals surface area contributed by atoms with Crippen molar-refractivity contribution in [3.8, 4) is 11.3 Å². The molecule has 4 aromatic rings. The van der Waals surface area contributed by atoms with Gasteiger partial charge in [0.1, 0.15) is 11.2 Å². The van der Waals surface area contributed by atoms with Crippen molar-refractivity contribution < 1.29 is 8.81 Å². The molecule has 25 heavy (non-hydrogen) atoms. The predicted octanol–water partition coefficient (Wildman–Crippen LogP) is 6.44. The first-order chi connectivity index (χ1) is 12.3. The zero-order valence-electron chi connectivity index (χ0n) is 13.8. The molecule has 1 fully saturated rings. The highest BCUT2D eigenvalue weighted by atomic mass is 19.1. The summed E-state index contributed by atoms with van der Waals surface area (Å²) >= 11 is 0. The minimum absolute atomic E-state index is 0.323. The first-order valence-corrected chi connectivity index (χ1v) is 8.88. The van der Waals surface area contributed by atoms with Crippen molar-refractivity contribution in [1.29, 1.82) is 0 Å². The molecular formula is C22H18FNO. The van der Waals surface area contributed by atoms with E-state index in [-0.39, 0.29) is 5.95 Å². The van der Waals surface area contributed by atoms with Gasteiger partial charge in [0.2, 0.25) is 5.95 Å². The van der Waals surface area contributed by atoms with E-state index in [9.17, 15) is 4.39 Å². The fourth-order valence-corrected chi connectivity index (χ4v) is 4.09. The van der Waals surface area contributed by atoms with Gasteiger partial charge >= 0.3 is 0 Å². The molecule has 0 bridgehead atoms. The standard InChI is InChI=1S/C22H18FNO/c23-22-15(14-6-1-2-7-14)12-13-19(24-22)18-10-5-9-17-16-8-3-4-11-20(16)25-21(17)18/h3-5,8-14H,1-2,6-7H2. The summed E-state index contributed by atoms with van der Waals surface area (Å²) in [5, 5.41) is 2.11. The molecule has 124 valence electrons. The van der Waals surface area contributed by atoms with Gasteiger partial charge in [-0.2, -0.15) is 4.39 Å². The smallest absolute Gasteiger partial charge is 0.216 e. The lowest BCUT2D eigenvalue weighted by molar-refractivity contribution is 0.544. The Morgan fingerprint density at radius 3 is 2.52 bits per heavy atom. The van der Waals surface area contributed by atoms with Crippen LogP contribution in [0.1, 0.15) is 37.2 Å². The fourth-order valence-electron chi connectivity index (χ4n) is 4.09. The molecule has 0 aliphatic heterocycles. The van der Waals surface area contributed by atoms with E-state index in [2.05, 4.69) is 4.98 Å². The van der Waals surface area contributed by atoms with Crippen molar-refractivity contribution in [2.24, 2.45) is 0 Å². The van der Waals surface area contributed by atoms with Crippen LogP contribution in [0.15, 0.2) is 59.0 Å².